The van der Waals surface area contributed by atoms with Gasteiger partial charge in [0.25, 0.3) is 5.91 Å². The first kappa shape index (κ1) is 16.8. The molecule has 24 heavy (non-hydrogen) atoms. The molecule has 0 radical (unpaired) electrons. The molecule has 130 valence electrons. The fraction of sp³-hybridized carbons (Fsp3) is 0.556. The Kier molecular flexibility index (Phi) is 5.35. The summed E-state index contributed by atoms with van der Waals surface area (Å²) in [6, 6.07) is 8.08. The maximum Gasteiger partial charge on any atom is 0.251 e. The molecule has 2 bridgehead atoms. The van der Waals surface area contributed by atoms with E-state index in [1.54, 1.807) is 14.1 Å². The Labute approximate surface area is 143 Å². The number of nitrogens with zero attached hydrogens (tertiary/aromatic N) is 1. The van der Waals surface area contributed by atoms with Gasteiger partial charge in [-0.05, 0) is 43.4 Å². The number of ether oxygens (including phenoxy) is 1. The summed E-state index contributed by atoms with van der Waals surface area (Å²) in [6.07, 6.45) is 5.00. The van der Waals surface area contributed by atoms with Crippen LogP contribution in [0.25, 0.3) is 0 Å². The van der Waals surface area contributed by atoms with Gasteiger partial charge in [-0.1, -0.05) is 12.1 Å². The van der Waals surface area contributed by atoms with Crippen molar-refractivity contribution in [3.8, 4) is 0 Å². The van der Waals surface area contributed by atoms with Crippen molar-refractivity contribution in [1.82, 2.24) is 16.0 Å². The van der Waals surface area contributed by atoms with Crippen LogP contribution < -0.4 is 16.0 Å². The molecular formula is C18H26N4O2. The fourth-order valence-electron chi connectivity index (χ4n) is 3.50. The van der Waals surface area contributed by atoms with E-state index < -0.39 is 0 Å². The van der Waals surface area contributed by atoms with E-state index in [0.29, 0.717) is 23.8 Å². The molecule has 1 amide bonds. The lowest BCUT2D eigenvalue weighted by Crippen LogP contribution is -2.47. The molecule has 2 heterocycles. The van der Waals surface area contributed by atoms with Gasteiger partial charge in [0.15, 0.2) is 5.96 Å². The smallest absolute Gasteiger partial charge is 0.251 e. The molecule has 2 fully saturated rings. The molecule has 0 aliphatic carbocycles. The number of fused-ring (bicyclic) bond motifs is 2. The first-order valence-electron chi connectivity index (χ1n) is 8.63. The monoisotopic (exact) mass is 330 g/mol. The third-order valence-corrected chi connectivity index (χ3v) is 4.77. The van der Waals surface area contributed by atoms with Crippen LogP contribution in [0.15, 0.2) is 29.3 Å². The van der Waals surface area contributed by atoms with Crippen molar-refractivity contribution in [3.05, 3.63) is 35.4 Å². The summed E-state index contributed by atoms with van der Waals surface area (Å²) in [5.41, 5.74) is 1.82. The molecule has 2 saturated heterocycles. The molecule has 3 N–H and O–H groups in total. The van der Waals surface area contributed by atoms with Gasteiger partial charge in [0.1, 0.15) is 0 Å². The molecule has 2 aliphatic heterocycles. The Morgan fingerprint density at radius 1 is 1.38 bits per heavy atom. The molecule has 1 aromatic carbocycles. The van der Waals surface area contributed by atoms with E-state index in [4.69, 9.17) is 4.74 Å². The van der Waals surface area contributed by atoms with E-state index in [1.807, 2.05) is 24.3 Å². The number of guanidine groups is 1. The number of rotatable bonds is 5. The van der Waals surface area contributed by atoms with Crippen LogP contribution in [0.5, 0.6) is 0 Å². The van der Waals surface area contributed by atoms with Gasteiger partial charge in [-0.2, -0.15) is 0 Å². The predicted octanol–water partition coefficient (Wildman–Crippen LogP) is 1.07. The van der Waals surface area contributed by atoms with Crippen molar-refractivity contribution in [2.75, 3.05) is 20.6 Å². The average Bonchev–Trinajstić information content (AvgIpc) is 3.23. The van der Waals surface area contributed by atoms with E-state index in [9.17, 15) is 4.79 Å². The number of benzene rings is 1. The Balaban J connectivity index is 1.47. The van der Waals surface area contributed by atoms with Crippen LogP contribution in [0.3, 0.4) is 0 Å². The zero-order chi connectivity index (χ0) is 16.9. The van der Waals surface area contributed by atoms with Gasteiger partial charge in [0.2, 0.25) is 0 Å². The van der Waals surface area contributed by atoms with E-state index in [0.717, 1.165) is 37.3 Å². The predicted molar refractivity (Wildman–Crippen MR) is 94.3 cm³/mol. The maximum absolute atomic E-state index is 11.7. The van der Waals surface area contributed by atoms with Crippen molar-refractivity contribution in [3.63, 3.8) is 0 Å². The summed E-state index contributed by atoms with van der Waals surface area (Å²) in [5, 5.41) is 9.47. The van der Waals surface area contributed by atoms with Gasteiger partial charge in [-0.3, -0.25) is 9.79 Å². The zero-order valence-corrected chi connectivity index (χ0v) is 14.3. The number of hydrogen-bond donors (Lipinski definition) is 3. The lowest BCUT2D eigenvalue weighted by molar-refractivity contribution is 0.0962. The first-order valence-corrected chi connectivity index (χ1v) is 8.63. The van der Waals surface area contributed by atoms with E-state index in [-0.39, 0.29) is 5.91 Å². The maximum atomic E-state index is 11.7. The minimum Gasteiger partial charge on any atom is -0.373 e. The summed E-state index contributed by atoms with van der Waals surface area (Å²) in [5.74, 6) is 0.761. The summed E-state index contributed by atoms with van der Waals surface area (Å²) < 4.78 is 5.87. The number of nitrogens with one attached hydrogen (secondary N) is 3. The molecule has 2 aliphatic rings. The number of carbonyl (C=O) groups excluding carboxylic acids is 1. The minimum absolute atomic E-state index is 0.0569. The largest absolute Gasteiger partial charge is 0.373 e. The van der Waals surface area contributed by atoms with Crippen LogP contribution in [-0.2, 0) is 11.2 Å². The van der Waals surface area contributed by atoms with Crippen LogP contribution in [0, 0.1) is 0 Å². The van der Waals surface area contributed by atoms with Gasteiger partial charge in [0.05, 0.1) is 18.2 Å². The molecule has 0 aromatic heterocycles. The van der Waals surface area contributed by atoms with Gasteiger partial charge >= 0.3 is 0 Å². The van der Waals surface area contributed by atoms with Crippen molar-refractivity contribution in [2.45, 2.75) is 43.9 Å². The average molecular weight is 330 g/mol. The molecular weight excluding hydrogens is 304 g/mol. The number of amides is 1. The quantitative estimate of drug-likeness (QED) is 0.558. The normalized spacial score (nSPS) is 25.6. The molecule has 3 unspecified atom stereocenters. The van der Waals surface area contributed by atoms with Crippen molar-refractivity contribution < 1.29 is 9.53 Å². The standard InChI is InChI=1S/C18H26N4O2/c1-19-17(23)13-5-3-4-12(10-13)8-9-21-18(20-2)22-15-11-14-6-7-16(15)24-14/h3-5,10,14-16H,6-9,11H2,1-2H3,(H,19,23)(H2,20,21,22). The fourth-order valence-corrected chi connectivity index (χ4v) is 3.50. The molecule has 3 atom stereocenters. The second-order valence-electron chi connectivity index (χ2n) is 6.39. The summed E-state index contributed by atoms with van der Waals surface area (Å²) in [7, 11) is 3.43. The molecule has 3 rings (SSSR count). The summed E-state index contributed by atoms with van der Waals surface area (Å²) in [6.45, 7) is 0.762. The van der Waals surface area contributed by atoms with Crippen molar-refractivity contribution in [1.29, 1.82) is 0 Å². The Hall–Kier alpha value is -2.08. The topological polar surface area (TPSA) is 74.8 Å². The van der Waals surface area contributed by atoms with E-state index >= 15 is 0 Å². The van der Waals surface area contributed by atoms with Gasteiger partial charge in [-0.15, -0.1) is 0 Å². The third-order valence-electron chi connectivity index (χ3n) is 4.77. The number of hydrogen-bond acceptors (Lipinski definition) is 3. The highest BCUT2D eigenvalue weighted by molar-refractivity contribution is 5.94. The van der Waals surface area contributed by atoms with Gasteiger partial charge in [-0.25, -0.2) is 0 Å². The lowest BCUT2D eigenvalue weighted by atomic mass is 9.96. The minimum atomic E-state index is -0.0569. The number of aliphatic imine (C=N–C) groups is 1. The molecule has 6 nitrogen and oxygen atoms in total. The highest BCUT2D eigenvalue weighted by Gasteiger charge is 2.41. The van der Waals surface area contributed by atoms with Crippen molar-refractivity contribution in [2.24, 2.45) is 4.99 Å². The third kappa shape index (κ3) is 3.87. The highest BCUT2D eigenvalue weighted by atomic mass is 16.5. The Morgan fingerprint density at radius 2 is 2.25 bits per heavy atom. The van der Waals surface area contributed by atoms with Crippen LogP contribution in [-0.4, -0.2) is 50.8 Å². The molecule has 0 saturated carbocycles. The zero-order valence-electron chi connectivity index (χ0n) is 14.3. The van der Waals surface area contributed by atoms with Crippen LogP contribution >= 0.6 is 0 Å². The Bertz CT molecular complexity index is 617. The second-order valence-corrected chi connectivity index (χ2v) is 6.39. The van der Waals surface area contributed by atoms with Crippen LogP contribution in [0.1, 0.15) is 35.2 Å². The van der Waals surface area contributed by atoms with Crippen LogP contribution in [0.4, 0.5) is 0 Å². The van der Waals surface area contributed by atoms with E-state index in [1.165, 1.54) is 6.42 Å². The molecule has 1 aromatic rings. The summed E-state index contributed by atoms with van der Waals surface area (Å²) in [4.78, 5) is 16.0. The van der Waals surface area contributed by atoms with Crippen LogP contribution in [0.2, 0.25) is 0 Å². The molecule has 0 spiro atoms. The first-order chi connectivity index (χ1) is 11.7. The Morgan fingerprint density at radius 3 is 2.92 bits per heavy atom. The lowest BCUT2D eigenvalue weighted by Gasteiger charge is -2.22. The summed E-state index contributed by atoms with van der Waals surface area (Å²) >= 11 is 0. The molecule has 6 heteroatoms. The second kappa shape index (κ2) is 7.66. The van der Waals surface area contributed by atoms with E-state index in [2.05, 4.69) is 20.9 Å². The highest BCUT2D eigenvalue weighted by Crippen LogP contribution is 2.34. The SMILES string of the molecule is CN=C(NCCc1cccc(C(=O)NC)c1)NC1CC2CCC1O2. The number of carbonyl (C=O) groups is 1. The van der Waals surface area contributed by atoms with Gasteiger partial charge in [0, 0.05) is 26.2 Å². The van der Waals surface area contributed by atoms with Crippen molar-refractivity contribution >= 4 is 11.9 Å². The van der Waals surface area contributed by atoms with Gasteiger partial charge < -0.3 is 20.7 Å².